The molecule has 0 N–H and O–H groups in total. The van der Waals surface area contributed by atoms with Crippen molar-refractivity contribution in [1.82, 2.24) is 0 Å². The molecule has 0 saturated carbocycles. The van der Waals surface area contributed by atoms with Crippen molar-refractivity contribution in [3.8, 4) is 0 Å². The molecule has 2 bridgehead atoms. The van der Waals surface area contributed by atoms with Crippen molar-refractivity contribution in [2.24, 2.45) is 0 Å². The van der Waals surface area contributed by atoms with Crippen molar-refractivity contribution >= 4 is 29.9 Å². The molecule has 0 amide bonds. The molecule has 0 aromatic carbocycles. The zero-order valence-electron chi connectivity index (χ0n) is 7.33. The normalized spacial score (nSPS) is 50.0. The van der Waals surface area contributed by atoms with Gasteiger partial charge in [0.25, 0.3) is 0 Å². The van der Waals surface area contributed by atoms with Gasteiger partial charge in [0.05, 0.1) is 0 Å². The third-order valence-corrected chi connectivity index (χ3v) is 5.01. The lowest BCUT2D eigenvalue weighted by Crippen LogP contribution is -2.44. The Balaban J connectivity index is 2.16. The van der Waals surface area contributed by atoms with E-state index in [2.05, 4.69) is 29.5 Å². The lowest BCUT2D eigenvalue weighted by Gasteiger charge is -2.47. The summed E-state index contributed by atoms with van der Waals surface area (Å²) in [7, 11) is 1.50. The summed E-state index contributed by atoms with van der Waals surface area (Å²) >= 11 is 2.73. The molecule has 0 spiro atoms. The van der Waals surface area contributed by atoms with E-state index >= 15 is 0 Å². The molecular weight excluding hydrogens is 246 g/mol. The highest BCUT2D eigenvalue weighted by atomic mass is 127. The quantitative estimate of drug-likeness (QED) is 0.357. The zero-order chi connectivity index (χ0) is 7.95. The largest absolute Gasteiger partial charge is 0.147 e. The smallest absolute Gasteiger partial charge is 0.0883 e. The van der Waals surface area contributed by atoms with Crippen LogP contribution in [-0.2, 0) is 0 Å². The summed E-state index contributed by atoms with van der Waals surface area (Å²) in [5, 5.41) is 0.734. The molecule has 0 radical (unpaired) electrons. The molecule has 2 heteroatoms. The average Bonchev–Trinajstić information content (AvgIpc) is 1.83. The van der Waals surface area contributed by atoms with Crippen LogP contribution in [0.2, 0.25) is 5.31 Å². The summed E-state index contributed by atoms with van der Waals surface area (Å²) in [4.78, 5) is 0. The Morgan fingerprint density at radius 2 is 1.64 bits per heavy atom. The first-order chi connectivity index (χ1) is 5.12. The Bertz CT molecular complexity index is 141. The SMILES string of the molecule is CC12BC(I)(CCC1)CCC2. The number of halogens is 1. The number of fused-ring (bicyclic) bond motifs is 2. The molecule has 11 heavy (non-hydrogen) atoms. The molecule has 62 valence electrons. The van der Waals surface area contributed by atoms with Crippen molar-refractivity contribution in [3.63, 3.8) is 0 Å². The minimum Gasteiger partial charge on any atom is -0.0883 e. The predicted octanol–water partition coefficient (Wildman–Crippen LogP) is 3.10. The lowest BCUT2D eigenvalue weighted by molar-refractivity contribution is 0.367. The van der Waals surface area contributed by atoms with E-state index in [4.69, 9.17) is 0 Å². The van der Waals surface area contributed by atoms with Crippen LogP contribution in [0.4, 0.5) is 0 Å². The molecule has 2 saturated heterocycles. The number of alkyl halides is 1. The van der Waals surface area contributed by atoms with E-state index in [0.717, 1.165) is 5.31 Å². The lowest BCUT2D eigenvalue weighted by atomic mass is 9.36. The Labute approximate surface area is 83.9 Å². The maximum Gasteiger partial charge on any atom is 0.147 e. The molecule has 2 rings (SSSR count). The highest BCUT2D eigenvalue weighted by Gasteiger charge is 2.44. The monoisotopic (exact) mass is 262 g/mol. The van der Waals surface area contributed by atoms with Gasteiger partial charge < -0.3 is 0 Å². The third kappa shape index (κ3) is 1.61. The summed E-state index contributed by atoms with van der Waals surface area (Å²) in [6.45, 7) is 2.50. The van der Waals surface area contributed by atoms with Crippen molar-refractivity contribution < 1.29 is 0 Å². The van der Waals surface area contributed by atoms with Crippen LogP contribution in [0.5, 0.6) is 0 Å². The fourth-order valence-corrected chi connectivity index (χ4v) is 4.72. The molecule has 0 atom stereocenters. The second-order valence-electron chi connectivity index (χ2n) is 4.85. The van der Waals surface area contributed by atoms with E-state index in [0.29, 0.717) is 3.32 Å². The van der Waals surface area contributed by atoms with Crippen LogP contribution in [0.15, 0.2) is 0 Å². The molecule has 0 aliphatic carbocycles. The highest BCUT2D eigenvalue weighted by Crippen LogP contribution is 2.53. The summed E-state index contributed by atoms with van der Waals surface area (Å²) in [6, 6.07) is 0. The molecule has 0 unspecified atom stereocenters. The van der Waals surface area contributed by atoms with Crippen LogP contribution >= 0.6 is 22.6 Å². The first-order valence-electron chi connectivity index (χ1n) is 4.81. The van der Waals surface area contributed by atoms with Crippen molar-refractivity contribution in [3.05, 3.63) is 0 Å². The Morgan fingerprint density at radius 1 is 1.09 bits per heavy atom. The summed E-state index contributed by atoms with van der Waals surface area (Å²) in [5.41, 5.74) is 0. The topological polar surface area (TPSA) is 0 Å². The van der Waals surface area contributed by atoms with Gasteiger partial charge in [0, 0.05) is 0 Å². The Hall–Kier alpha value is 0.795. The fraction of sp³-hybridized carbons (Fsp3) is 1.00. The van der Waals surface area contributed by atoms with Gasteiger partial charge >= 0.3 is 0 Å². The summed E-state index contributed by atoms with van der Waals surface area (Å²) in [5.74, 6) is 0. The van der Waals surface area contributed by atoms with Crippen LogP contribution in [0.3, 0.4) is 0 Å². The minimum absolute atomic E-state index is 0.711. The molecule has 2 fully saturated rings. The molecule has 0 aromatic heterocycles. The van der Waals surface area contributed by atoms with E-state index in [-0.39, 0.29) is 0 Å². The van der Waals surface area contributed by atoms with Crippen LogP contribution < -0.4 is 0 Å². The fourth-order valence-electron chi connectivity index (χ4n) is 3.03. The number of hydrogen-bond acceptors (Lipinski definition) is 0. The van der Waals surface area contributed by atoms with Crippen molar-refractivity contribution in [2.45, 2.75) is 54.1 Å². The standard InChI is InChI=1S/C9H16BI/c1-8-4-2-6-9(11,10-8)7-3-5-8/h10H,2-7H2,1H3. The second-order valence-corrected chi connectivity index (χ2v) is 7.13. The predicted molar refractivity (Wildman–Crippen MR) is 60.0 cm³/mol. The Morgan fingerprint density at radius 3 is 2.00 bits per heavy atom. The average molecular weight is 262 g/mol. The zero-order valence-corrected chi connectivity index (χ0v) is 9.49. The minimum atomic E-state index is 0.711. The van der Waals surface area contributed by atoms with Gasteiger partial charge in [-0.05, 0) is 16.2 Å². The molecule has 2 aliphatic heterocycles. The van der Waals surface area contributed by atoms with E-state index in [1.165, 1.54) is 45.8 Å². The van der Waals surface area contributed by atoms with E-state index in [1.54, 1.807) is 0 Å². The van der Waals surface area contributed by atoms with Gasteiger partial charge in [-0.15, -0.1) is 0 Å². The molecule has 0 nitrogen and oxygen atoms in total. The van der Waals surface area contributed by atoms with Gasteiger partial charge in [0.2, 0.25) is 0 Å². The van der Waals surface area contributed by atoms with Gasteiger partial charge in [-0.3, -0.25) is 0 Å². The maximum atomic E-state index is 2.73. The van der Waals surface area contributed by atoms with Crippen LogP contribution in [0, 0.1) is 0 Å². The van der Waals surface area contributed by atoms with Gasteiger partial charge in [-0.25, -0.2) is 0 Å². The summed E-state index contributed by atoms with van der Waals surface area (Å²) < 4.78 is 0.711. The molecular formula is C9H16BI. The first-order valence-corrected chi connectivity index (χ1v) is 5.89. The van der Waals surface area contributed by atoms with E-state index in [9.17, 15) is 0 Å². The first kappa shape index (κ1) is 8.40. The highest BCUT2D eigenvalue weighted by molar-refractivity contribution is 14.1. The number of hydrogen-bond donors (Lipinski definition) is 0. The van der Waals surface area contributed by atoms with Gasteiger partial charge in [-0.1, -0.05) is 60.5 Å². The summed E-state index contributed by atoms with van der Waals surface area (Å²) in [6.07, 6.45) is 8.95. The van der Waals surface area contributed by atoms with Gasteiger partial charge in [0.15, 0.2) is 0 Å². The van der Waals surface area contributed by atoms with Crippen molar-refractivity contribution in [2.75, 3.05) is 0 Å². The van der Waals surface area contributed by atoms with Crippen molar-refractivity contribution in [1.29, 1.82) is 0 Å². The third-order valence-electron chi connectivity index (χ3n) is 3.55. The van der Waals surface area contributed by atoms with Gasteiger partial charge in [-0.2, -0.15) is 0 Å². The Kier molecular flexibility index (Phi) is 2.02. The molecule has 2 heterocycles. The van der Waals surface area contributed by atoms with Crippen LogP contribution in [-0.4, -0.2) is 10.6 Å². The second kappa shape index (κ2) is 2.64. The molecule has 0 aromatic rings. The van der Waals surface area contributed by atoms with E-state index < -0.39 is 0 Å². The van der Waals surface area contributed by atoms with Gasteiger partial charge in [0.1, 0.15) is 7.28 Å². The van der Waals surface area contributed by atoms with Crippen LogP contribution in [0.1, 0.15) is 45.4 Å². The van der Waals surface area contributed by atoms with E-state index in [1.807, 2.05) is 0 Å². The number of rotatable bonds is 0. The maximum absolute atomic E-state index is 2.73. The van der Waals surface area contributed by atoms with Crippen LogP contribution in [0.25, 0.3) is 0 Å². The molecule has 2 aliphatic rings.